The van der Waals surface area contributed by atoms with Crippen molar-refractivity contribution in [1.82, 2.24) is 14.9 Å². The monoisotopic (exact) mass is 273 g/mol. The molecule has 0 saturated heterocycles. The summed E-state index contributed by atoms with van der Waals surface area (Å²) in [7, 11) is -3.39. The summed E-state index contributed by atoms with van der Waals surface area (Å²) >= 11 is 0. The van der Waals surface area contributed by atoms with Crippen molar-refractivity contribution in [3.8, 4) is 0 Å². The van der Waals surface area contributed by atoms with Gasteiger partial charge in [0.15, 0.2) is 5.03 Å². The first-order valence-corrected chi connectivity index (χ1v) is 8.00. The Morgan fingerprint density at radius 1 is 1.28 bits per heavy atom. The lowest BCUT2D eigenvalue weighted by Gasteiger charge is -2.05. The second kappa shape index (κ2) is 7.53. The molecule has 0 unspecified atom stereocenters. The van der Waals surface area contributed by atoms with Crippen LogP contribution < -0.4 is 4.72 Å². The third-order valence-corrected chi connectivity index (χ3v) is 4.16. The zero-order valence-electron chi connectivity index (χ0n) is 11.1. The number of hydrogen-bond acceptors (Lipinski definition) is 3. The Balaban J connectivity index is 2.11. The van der Waals surface area contributed by atoms with E-state index < -0.39 is 10.0 Å². The average Bonchev–Trinajstić information content (AvgIpc) is 2.81. The fraction of sp³-hybridized carbons (Fsp3) is 0.750. The van der Waals surface area contributed by atoms with E-state index in [1.165, 1.54) is 31.5 Å². The van der Waals surface area contributed by atoms with Gasteiger partial charge in [-0.2, -0.15) is 5.10 Å². The maximum Gasteiger partial charge on any atom is 0.257 e. The van der Waals surface area contributed by atoms with Gasteiger partial charge in [0.05, 0.1) is 6.20 Å². The Bertz CT molecular complexity index is 413. The van der Waals surface area contributed by atoms with Crippen LogP contribution in [-0.4, -0.2) is 25.2 Å². The molecule has 0 aliphatic heterocycles. The van der Waals surface area contributed by atoms with Crippen LogP contribution in [0, 0.1) is 5.92 Å². The normalized spacial score (nSPS) is 12.2. The molecular weight excluding hydrogens is 250 g/mol. The molecule has 0 atom stereocenters. The van der Waals surface area contributed by atoms with Gasteiger partial charge in [-0.3, -0.25) is 5.10 Å². The lowest BCUT2D eigenvalue weighted by molar-refractivity contribution is 0.517. The minimum Gasteiger partial charge on any atom is -0.266 e. The van der Waals surface area contributed by atoms with E-state index in [1.54, 1.807) is 0 Å². The van der Waals surface area contributed by atoms with Gasteiger partial charge in [-0.15, -0.1) is 0 Å². The molecule has 5 nitrogen and oxygen atoms in total. The molecule has 104 valence electrons. The van der Waals surface area contributed by atoms with Gasteiger partial charge in [0.1, 0.15) is 0 Å². The second-order valence-corrected chi connectivity index (χ2v) is 6.65. The van der Waals surface area contributed by atoms with Crippen LogP contribution in [0.15, 0.2) is 17.3 Å². The zero-order valence-corrected chi connectivity index (χ0v) is 12.0. The Morgan fingerprint density at radius 2 is 2.00 bits per heavy atom. The van der Waals surface area contributed by atoms with E-state index in [2.05, 4.69) is 28.8 Å². The van der Waals surface area contributed by atoms with E-state index >= 15 is 0 Å². The third kappa shape index (κ3) is 5.64. The van der Waals surface area contributed by atoms with Gasteiger partial charge in [0.25, 0.3) is 10.0 Å². The van der Waals surface area contributed by atoms with E-state index in [9.17, 15) is 8.42 Å². The number of sulfonamides is 1. The Kier molecular flexibility index (Phi) is 6.35. The van der Waals surface area contributed by atoms with Gasteiger partial charge in [-0.1, -0.05) is 39.5 Å². The highest BCUT2D eigenvalue weighted by molar-refractivity contribution is 7.89. The SMILES string of the molecule is CC(C)CCCCCCNS(=O)(=O)c1ccn[nH]1. The number of aromatic amines is 1. The number of nitrogens with zero attached hydrogens (tertiary/aromatic N) is 1. The van der Waals surface area contributed by atoms with Crippen molar-refractivity contribution in [2.75, 3.05) is 6.54 Å². The summed E-state index contributed by atoms with van der Waals surface area (Å²) in [5.41, 5.74) is 0. The highest BCUT2D eigenvalue weighted by atomic mass is 32.2. The first kappa shape index (κ1) is 15.2. The molecule has 1 heterocycles. The standard InChI is InChI=1S/C12H23N3O2S/c1-11(2)7-5-3-4-6-9-14-18(16,17)12-8-10-13-15-12/h8,10-11,14H,3-7,9H2,1-2H3,(H,13,15). The van der Waals surface area contributed by atoms with E-state index in [0.29, 0.717) is 6.54 Å². The molecule has 0 saturated carbocycles. The lowest BCUT2D eigenvalue weighted by atomic mass is 10.0. The van der Waals surface area contributed by atoms with Crippen LogP contribution in [0.25, 0.3) is 0 Å². The van der Waals surface area contributed by atoms with Crippen LogP contribution in [0.5, 0.6) is 0 Å². The molecule has 0 aromatic carbocycles. The van der Waals surface area contributed by atoms with Crippen LogP contribution in [-0.2, 0) is 10.0 Å². The molecule has 0 bridgehead atoms. The van der Waals surface area contributed by atoms with Gasteiger partial charge < -0.3 is 0 Å². The molecule has 0 aliphatic carbocycles. The van der Waals surface area contributed by atoms with Gasteiger partial charge in [0, 0.05) is 6.54 Å². The predicted octanol–water partition coefficient (Wildman–Crippen LogP) is 2.29. The summed E-state index contributed by atoms with van der Waals surface area (Å²) in [4.78, 5) is 0. The number of aromatic nitrogens is 2. The molecule has 0 fully saturated rings. The fourth-order valence-corrected chi connectivity index (χ4v) is 2.69. The van der Waals surface area contributed by atoms with Crippen LogP contribution in [0.2, 0.25) is 0 Å². The maximum atomic E-state index is 11.7. The molecule has 2 N–H and O–H groups in total. The van der Waals surface area contributed by atoms with Crippen molar-refractivity contribution in [3.63, 3.8) is 0 Å². The van der Waals surface area contributed by atoms with Crippen molar-refractivity contribution in [2.24, 2.45) is 5.92 Å². The predicted molar refractivity (Wildman–Crippen MR) is 71.7 cm³/mol. The number of rotatable bonds is 9. The summed E-state index contributed by atoms with van der Waals surface area (Å²) in [6, 6.07) is 1.45. The quantitative estimate of drug-likeness (QED) is 0.678. The fourth-order valence-electron chi connectivity index (χ4n) is 1.71. The van der Waals surface area contributed by atoms with Gasteiger partial charge in [-0.05, 0) is 18.4 Å². The van der Waals surface area contributed by atoms with E-state index in [4.69, 9.17) is 0 Å². The summed E-state index contributed by atoms with van der Waals surface area (Å²) in [5, 5.41) is 6.21. The smallest absolute Gasteiger partial charge is 0.257 e. The average molecular weight is 273 g/mol. The lowest BCUT2D eigenvalue weighted by Crippen LogP contribution is -2.25. The Hall–Kier alpha value is -0.880. The summed E-state index contributed by atoms with van der Waals surface area (Å²) in [6.45, 7) is 4.93. The van der Waals surface area contributed by atoms with Crippen molar-refractivity contribution < 1.29 is 8.42 Å². The van der Waals surface area contributed by atoms with Crippen LogP contribution in [0.1, 0.15) is 46.0 Å². The van der Waals surface area contributed by atoms with Gasteiger partial charge in [0.2, 0.25) is 0 Å². The van der Waals surface area contributed by atoms with Crippen LogP contribution in [0.3, 0.4) is 0 Å². The first-order valence-electron chi connectivity index (χ1n) is 6.51. The highest BCUT2D eigenvalue weighted by Crippen LogP contribution is 2.09. The van der Waals surface area contributed by atoms with Gasteiger partial charge >= 0.3 is 0 Å². The van der Waals surface area contributed by atoms with Crippen LogP contribution in [0.4, 0.5) is 0 Å². The van der Waals surface area contributed by atoms with E-state index in [1.807, 2.05) is 0 Å². The molecule has 18 heavy (non-hydrogen) atoms. The number of H-pyrrole nitrogens is 1. The van der Waals surface area contributed by atoms with Crippen molar-refractivity contribution >= 4 is 10.0 Å². The van der Waals surface area contributed by atoms with Crippen molar-refractivity contribution in [3.05, 3.63) is 12.3 Å². The Morgan fingerprint density at radius 3 is 2.61 bits per heavy atom. The first-order chi connectivity index (χ1) is 8.52. The maximum absolute atomic E-state index is 11.7. The topological polar surface area (TPSA) is 74.8 Å². The highest BCUT2D eigenvalue weighted by Gasteiger charge is 2.13. The number of hydrogen-bond donors (Lipinski definition) is 2. The largest absolute Gasteiger partial charge is 0.266 e. The zero-order chi connectivity index (χ0) is 13.4. The van der Waals surface area contributed by atoms with Crippen molar-refractivity contribution in [2.45, 2.75) is 51.0 Å². The van der Waals surface area contributed by atoms with Crippen molar-refractivity contribution in [1.29, 1.82) is 0 Å². The molecule has 6 heteroatoms. The van der Waals surface area contributed by atoms with Gasteiger partial charge in [-0.25, -0.2) is 13.1 Å². The Labute approximate surface area is 109 Å². The molecule has 1 aromatic rings. The number of nitrogens with one attached hydrogen (secondary N) is 2. The summed E-state index contributed by atoms with van der Waals surface area (Å²) in [5.74, 6) is 0.754. The molecule has 1 aromatic heterocycles. The third-order valence-electron chi connectivity index (χ3n) is 2.77. The minimum atomic E-state index is -3.39. The molecule has 0 spiro atoms. The molecule has 0 amide bonds. The number of unbranched alkanes of at least 4 members (excludes halogenated alkanes) is 3. The molecule has 0 radical (unpaired) electrons. The molecule has 0 aliphatic rings. The second-order valence-electron chi connectivity index (χ2n) is 4.92. The van der Waals surface area contributed by atoms with E-state index in [-0.39, 0.29) is 5.03 Å². The summed E-state index contributed by atoms with van der Waals surface area (Å²) in [6.07, 6.45) is 7.03. The molecular formula is C12H23N3O2S. The van der Waals surface area contributed by atoms with E-state index in [0.717, 1.165) is 18.8 Å². The summed E-state index contributed by atoms with van der Waals surface area (Å²) < 4.78 is 25.9. The minimum absolute atomic E-state index is 0.127. The molecule has 1 rings (SSSR count). The van der Waals surface area contributed by atoms with Crippen LogP contribution >= 0.6 is 0 Å².